The number of amides is 1. The number of ether oxygens (including phenoxy) is 1. The van der Waals surface area contributed by atoms with Crippen molar-refractivity contribution < 1.29 is 13.9 Å². The van der Waals surface area contributed by atoms with Gasteiger partial charge in [0.15, 0.2) is 0 Å². The Hall–Kier alpha value is -3.19. The van der Waals surface area contributed by atoms with Gasteiger partial charge in [0.25, 0.3) is 0 Å². The van der Waals surface area contributed by atoms with Crippen LogP contribution in [0.3, 0.4) is 0 Å². The molecule has 26 heavy (non-hydrogen) atoms. The zero-order valence-electron chi connectivity index (χ0n) is 13.8. The van der Waals surface area contributed by atoms with E-state index in [1.54, 1.807) is 18.2 Å². The number of thiazole rings is 1. The van der Waals surface area contributed by atoms with Crippen LogP contribution in [-0.2, 0) is 11.3 Å². The van der Waals surface area contributed by atoms with Crippen molar-refractivity contribution in [2.45, 2.75) is 13.5 Å². The van der Waals surface area contributed by atoms with Crippen LogP contribution in [0.5, 0.6) is 0 Å². The number of fused-ring (bicyclic) bond motifs is 2. The van der Waals surface area contributed by atoms with E-state index in [-0.39, 0.29) is 6.61 Å². The molecule has 7 heteroatoms. The summed E-state index contributed by atoms with van der Waals surface area (Å²) >= 11 is 1.48. The molecule has 130 valence electrons. The summed E-state index contributed by atoms with van der Waals surface area (Å²) in [6, 6.07) is 14.3. The van der Waals surface area contributed by atoms with Crippen LogP contribution in [-0.4, -0.2) is 11.1 Å². The minimum Gasteiger partial charge on any atom is -0.442 e. The first-order chi connectivity index (χ1) is 12.6. The number of aryl methyl sites for hydroxylation is 1. The molecule has 2 aromatic carbocycles. The molecule has 0 saturated carbocycles. The fourth-order valence-electron chi connectivity index (χ4n) is 2.67. The van der Waals surface area contributed by atoms with Crippen molar-refractivity contribution in [1.29, 1.82) is 0 Å². The van der Waals surface area contributed by atoms with E-state index in [9.17, 15) is 9.59 Å². The first-order valence-corrected chi connectivity index (χ1v) is 8.73. The summed E-state index contributed by atoms with van der Waals surface area (Å²) in [5, 5.41) is 4.17. The molecule has 0 aliphatic carbocycles. The third kappa shape index (κ3) is 3.29. The molecule has 0 spiro atoms. The number of carbonyl (C=O) groups is 1. The fraction of sp³-hybridized carbons (Fsp3) is 0.105. The van der Waals surface area contributed by atoms with Gasteiger partial charge >= 0.3 is 11.7 Å². The van der Waals surface area contributed by atoms with Crippen LogP contribution in [0.4, 0.5) is 10.5 Å². The Morgan fingerprint density at radius 1 is 1.23 bits per heavy atom. The molecule has 0 unspecified atom stereocenters. The molecule has 2 aromatic heterocycles. The van der Waals surface area contributed by atoms with Crippen LogP contribution in [0.25, 0.3) is 21.2 Å². The second-order valence-electron chi connectivity index (χ2n) is 5.74. The topological polar surface area (TPSA) is 81.4 Å². The number of para-hydroxylation sites is 1. The molecule has 0 fully saturated rings. The Morgan fingerprint density at radius 2 is 2.08 bits per heavy atom. The highest BCUT2D eigenvalue weighted by molar-refractivity contribution is 7.18. The van der Waals surface area contributed by atoms with Crippen molar-refractivity contribution in [2.75, 3.05) is 5.32 Å². The molecule has 6 nitrogen and oxygen atoms in total. The molecule has 1 amide bonds. The van der Waals surface area contributed by atoms with E-state index in [0.717, 1.165) is 26.2 Å². The standard InChI is InChI=1S/C19H14N2O4S/c1-11-8-18(22)25-15-9-12(6-7-13(11)15)20-19(23)24-10-17-21-14-4-2-3-5-16(14)26-17/h2-9H,10H2,1H3,(H,20,23). The van der Waals surface area contributed by atoms with E-state index in [1.165, 1.54) is 17.4 Å². The molecule has 1 N–H and O–H groups in total. The van der Waals surface area contributed by atoms with Crippen molar-refractivity contribution in [3.63, 3.8) is 0 Å². The minimum atomic E-state index is -0.599. The molecular formula is C19H14N2O4S. The Kier molecular flexibility index (Phi) is 4.14. The maximum atomic E-state index is 12.0. The number of nitrogens with zero attached hydrogens (tertiary/aromatic N) is 1. The SMILES string of the molecule is Cc1cc(=O)oc2cc(NC(=O)OCc3nc4ccccc4s3)ccc12. The van der Waals surface area contributed by atoms with Gasteiger partial charge in [0.2, 0.25) is 0 Å². The van der Waals surface area contributed by atoms with Crippen LogP contribution < -0.4 is 10.9 Å². The third-order valence-corrected chi connectivity index (χ3v) is 4.87. The summed E-state index contributed by atoms with van der Waals surface area (Å²) in [6.45, 7) is 1.92. The van der Waals surface area contributed by atoms with E-state index in [1.807, 2.05) is 31.2 Å². The number of nitrogens with one attached hydrogen (secondary N) is 1. The normalized spacial score (nSPS) is 11.0. The second-order valence-corrected chi connectivity index (χ2v) is 6.85. The number of rotatable bonds is 3. The summed E-state index contributed by atoms with van der Waals surface area (Å²) in [7, 11) is 0. The van der Waals surface area contributed by atoms with Crippen LogP contribution in [0, 0.1) is 6.92 Å². The van der Waals surface area contributed by atoms with Gasteiger partial charge in [-0.05, 0) is 36.8 Å². The quantitative estimate of drug-likeness (QED) is 0.541. The molecule has 0 bridgehead atoms. The predicted octanol–water partition coefficient (Wildman–Crippen LogP) is 4.46. The number of benzene rings is 2. The Labute approximate surface area is 152 Å². The summed E-state index contributed by atoms with van der Waals surface area (Å²) in [5.41, 5.74) is 2.18. The zero-order valence-corrected chi connectivity index (χ0v) is 14.6. The first-order valence-electron chi connectivity index (χ1n) is 7.91. The maximum Gasteiger partial charge on any atom is 0.412 e. The molecule has 0 aliphatic rings. The maximum absolute atomic E-state index is 12.0. The third-order valence-electron chi connectivity index (χ3n) is 3.86. The van der Waals surface area contributed by atoms with Crippen molar-refractivity contribution >= 4 is 44.3 Å². The summed E-state index contributed by atoms with van der Waals surface area (Å²) < 4.78 is 11.4. The summed E-state index contributed by atoms with van der Waals surface area (Å²) in [4.78, 5) is 27.9. The van der Waals surface area contributed by atoms with Crippen LogP contribution >= 0.6 is 11.3 Å². The zero-order chi connectivity index (χ0) is 18.1. The van der Waals surface area contributed by atoms with E-state index < -0.39 is 11.7 Å². The number of carbonyl (C=O) groups excluding carboxylic acids is 1. The Balaban J connectivity index is 1.46. The monoisotopic (exact) mass is 366 g/mol. The largest absolute Gasteiger partial charge is 0.442 e. The van der Waals surface area contributed by atoms with Crippen molar-refractivity contribution in [1.82, 2.24) is 4.98 Å². The minimum absolute atomic E-state index is 0.0902. The number of aromatic nitrogens is 1. The Bertz CT molecular complexity index is 1150. The lowest BCUT2D eigenvalue weighted by Crippen LogP contribution is -2.13. The van der Waals surface area contributed by atoms with Gasteiger partial charge in [0, 0.05) is 23.2 Å². The molecule has 0 radical (unpaired) electrons. The highest BCUT2D eigenvalue weighted by Crippen LogP contribution is 2.23. The van der Waals surface area contributed by atoms with Crippen LogP contribution in [0.1, 0.15) is 10.6 Å². The van der Waals surface area contributed by atoms with Gasteiger partial charge in [0.05, 0.1) is 10.2 Å². The molecule has 4 rings (SSSR count). The smallest absolute Gasteiger partial charge is 0.412 e. The van der Waals surface area contributed by atoms with Gasteiger partial charge in [-0.25, -0.2) is 14.6 Å². The molecular weight excluding hydrogens is 352 g/mol. The van der Waals surface area contributed by atoms with Gasteiger partial charge in [0.1, 0.15) is 17.2 Å². The average molecular weight is 366 g/mol. The van der Waals surface area contributed by atoms with E-state index in [2.05, 4.69) is 10.3 Å². The lowest BCUT2D eigenvalue weighted by molar-refractivity contribution is 0.155. The van der Waals surface area contributed by atoms with Crippen molar-refractivity contribution in [3.8, 4) is 0 Å². The Morgan fingerprint density at radius 3 is 2.92 bits per heavy atom. The predicted molar refractivity (Wildman–Crippen MR) is 101 cm³/mol. The van der Waals surface area contributed by atoms with Crippen LogP contribution in [0.2, 0.25) is 0 Å². The van der Waals surface area contributed by atoms with E-state index in [0.29, 0.717) is 11.3 Å². The molecule has 2 heterocycles. The van der Waals surface area contributed by atoms with E-state index in [4.69, 9.17) is 9.15 Å². The van der Waals surface area contributed by atoms with Gasteiger partial charge in [-0.1, -0.05) is 12.1 Å². The summed E-state index contributed by atoms with van der Waals surface area (Å²) in [5.74, 6) is 0. The number of anilines is 1. The molecule has 0 aliphatic heterocycles. The highest BCUT2D eigenvalue weighted by atomic mass is 32.1. The highest BCUT2D eigenvalue weighted by Gasteiger charge is 2.09. The van der Waals surface area contributed by atoms with Crippen molar-refractivity contribution in [2.24, 2.45) is 0 Å². The lowest BCUT2D eigenvalue weighted by atomic mass is 10.1. The molecule has 0 saturated heterocycles. The van der Waals surface area contributed by atoms with Crippen molar-refractivity contribution in [3.05, 3.63) is 69.5 Å². The second kappa shape index (κ2) is 6.61. The number of hydrogen-bond acceptors (Lipinski definition) is 6. The molecule has 0 atom stereocenters. The average Bonchev–Trinajstić information content (AvgIpc) is 3.02. The van der Waals surface area contributed by atoms with Gasteiger partial charge in [-0.15, -0.1) is 11.3 Å². The molecule has 4 aromatic rings. The summed E-state index contributed by atoms with van der Waals surface area (Å²) in [6.07, 6.45) is -0.599. The van der Waals surface area contributed by atoms with Gasteiger partial charge < -0.3 is 9.15 Å². The van der Waals surface area contributed by atoms with Gasteiger partial charge in [-0.2, -0.15) is 0 Å². The van der Waals surface area contributed by atoms with Gasteiger partial charge in [-0.3, -0.25) is 5.32 Å². The number of hydrogen-bond donors (Lipinski definition) is 1. The van der Waals surface area contributed by atoms with E-state index >= 15 is 0 Å². The fourth-order valence-corrected chi connectivity index (χ4v) is 3.55. The lowest BCUT2D eigenvalue weighted by Gasteiger charge is -2.07. The van der Waals surface area contributed by atoms with Crippen LogP contribution in [0.15, 0.2) is 57.7 Å². The first kappa shape index (κ1) is 16.3.